The van der Waals surface area contributed by atoms with Gasteiger partial charge in [0.05, 0.1) is 43.1 Å². The van der Waals surface area contributed by atoms with E-state index in [0.29, 0.717) is 22.8 Å². The molecule has 4 amide bonds. The van der Waals surface area contributed by atoms with Gasteiger partial charge in [0.25, 0.3) is 15.9 Å². The molecule has 352 valence electrons. The summed E-state index contributed by atoms with van der Waals surface area (Å²) in [5, 5.41) is 14.5. The van der Waals surface area contributed by atoms with Gasteiger partial charge in [0, 0.05) is 36.5 Å². The largest absolute Gasteiger partial charge is 0.497 e. The smallest absolute Gasteiger partial charge is 0.411 e. The molecule has 17 heteroatoms. The van der Waals surface area contributed by atoms with Crippen LogP contribution < -0.4 is 15.4 Å². The zero-order chi connectivity index (χ0) is 48.3. The van der Waals surface area contributed by atoms with Crippen LogP contribution in [-0.4, -0.2) is 90.9 Å². The number of carboxylic acid groups (broad SMARTS) is 1. The Morgan fingerprint density at radius 3 is 2.39 bits per heavy atom. The third kappa shape index (κ3) is 11.2. The van der Waals surface area contributed by atoms with Crippen molar-refractivity contribution >= 4 is 51.2 Å². The number of likely N-dealkylation sites (tertiary alicyclic amines) is 1. The molecule has 2 unspecified atom stereocenters. The number of hydrogen-bond donors (Lipinski definition) is 4. The minimum atomic E-state index is -4.67. The summed E-state index contributed by atoms with van der Waals surface area (Å²) < 4.78 is 48.2. The third-order valence-electron chi connectivity index (χ3n) is 11.9. The summed E-state index contributed by atoms with van der Waals surface area (Å²) in [6.45, 7) is 10.9. The van der Waals surface area contributed by atoms with Crippen LogP contribution in [0.2, 0.25) is 0 Å². The molecule has 1 saturated carbocycles. The highest BCUT2D eigenvalue weighted by molar-refractivity contribution is 7.90. The molecule has 16 nitrogen and oxygen atoms in total. The molecule has 3 aromatic carbocycles. The molecular formula is C50H55N5O11S. The van der Waals surface area contributed by atoms with Gasteiger partial charge < -0.3 is 30.0 Å². The molecule has 0 aromatic heterocycles. The van der Waals surface area contributed by atoms with Crippen LogP contribution in [-0.2, 0) is 56.3 Å². The summed E-state index contributed by atoms with van der Waals surface area (Å²) >= 11 is 0. The molecule has 0 bridgehead atoms. The summed E-state index contributed by atoms with van der Waals surface area (Å²) in [6, 6.07) is 20.8. The van der Waals surface area contributed by atoms with E-state index in [1.165, 1.54) is 35.2 Å². The molecule has 0 spiro atoms. The third-order valence-corrected chi connectivity index (χ3v) is 13.3. The number of benzene rings is 3. The van der Waals surface area contributed by atoms with E-state index < -0.39 is 73.9 Å². The number of methoxy groups -OCH3 is 1. The molecule has 7 rings (SSSR count). The van der Waals surface area contributed by atoms with Crippen molar-refractivity contribution in [1.29, 1.82) is 0 Å². The van der Waals surface area contributed by atoms with Gasteiger partial charge in [0.15, 0.2) is 0 Å². The van der Waals surface area contributed by atoms with Gasteiger partial charge in [-0.3, -0.25) is 29.1 Å². The lowest BCUT2D eigenvalue weighted by Crippen LogP contribution is -2.56. The van der Waals surface area contributed by atoms with Crippen molar-refractivity contribution in [3.63, 3.8) is 0 Å². The van der Waals surface area contributed by atoms with E-state index in [9.17, 15) is 32.4 Å². The quantitative estimate of drug-likeness (QED) is 0.118. The highest BCUT2D eigenvalue weighted by Crippen LogP contribution is 2.46. The first-order chi connectivity index (χ1) is 31.8. The van der Waals surface area contributed by atoms with E-state index >= 15 is 0 Å². The Morgan fingerprint density at radius 2 is 1.70 bits per heavy atom. The SMILES string of the molecule is C=C[C@@H]1C[C@]1(NC(=O)[C@@H]1C[C@@H](OC2=CC(c3ccccc3)=NC3=CC(OC)=CC(C)C32)CN1C(=O)OC(C)(C)C)C(=O)NS(=O)(=O)c1ccccc1NC(=O)Cc1cccc(CCC(=O)O)c1. The minimum Gasteiger partial charge on any atom is -0.497 e. The van der Waals surface area contributed by atoms with Gasteiger partial charge in [-0.1, -0.05) is 79.7 Å². The van der Waals surface area contributed by atoms with E-state index in [4.69, 9.17) is 24.3 Å². The van der Waals surface area contributed by atoms with Gasteiger partial charge in [-0.25, -0.2) is 17.9 Å². The number of hydrogen-bond acceptors (Lipinski definition) is 11. The number of ether oxygens (including phenoxy) is 3. The second kappa shape index (κ2) is 19.5. The van der Waals surface area contributed by atoms with E-state index in [1.54, 1.807) is 52.1 Å². The van der Waals surface area contributed by atoms with Gasteiger partial charge in [0.2, 0.25) is 11.8 Å². The number of carbonyl (C=O) groups is 5. The molecule has 1 saturated heterocycles. The van der Waals surface area contributed by atoms with Crippen LogP contribution in [0.4, 0.5) is 10.5 Å². The number of nitrogens with one attached hydrogen (secondary N) is 3. The first kappa shape index (κ1) is 47.9. The highest BCUT2D eigenvalue weighted by atomic mass is 32.2. The lowest BCUT2D eigenvalue weighted by atomic mass is 9.82. The van der Waals surface area contributed by atoms with Crippen LogP contribution >= 0.6 is 0 Å². The molecule has 2 aliphatic carbocycles. The Hall–Kier alpha value is -7.01. The highest BCUT2D eigenvalue weighted by Gasteiger charge is 2.61. The standard InChI is InChI=1S/C50H55N5O11S/c1-7-34-28-50(34,47(60)54-67(62,63)42-19-12-11-18-37(42)52-43(56)24-32-15-13-14-31(23-32)20-21-44(57)58)53-46(59)40-26-36(29-55(40)48(61)66-49(3,4)5)65-41-27-38(33-16-9-8-10-17-33)51-39-25-35(64-6)22-30(2)45(39)41/h7-19,22-23,25,27,30,34,36,40,45H,1,20-21,24,26,28-29H2,2-6H3,(H,52,56)(H,53,59)(H,54,60)(H,57,58)/t30?,34-,36-,40+,45?,50-/m1/s1. The maximum Gasteiger partial charge on any atom is 0.411 e. The predicted octanol–water partition coefficient (Wildman–Crippen LogP) is 6.21. The number of rotatable bonds is 16. The van der Waals surface area contributed by atoms with Crippen molar-refractivity contribution in [3.05, 3.63) is 144 Å². The number of sulfonamides is 1. The van der Waals surface area contributed by atoms with Gasteiger partial charge >= 0.3 is 12.1 Å². The van der Waals surface area contributed by atoms with E-state index in [-0.39, 0.29) is 56.2 Å². The summed E-state index contributed by atoms with van der Waals surface area (Å²) in [5.41, 5.74) is 0.803. The van der Waals surface area contributed by atoms with Crippen molar-refractivity contribution in [2.24, 2.45) is 22.7 Å². The summed E-state index contributed by atoms with van der Waals surface area (Å²) in [7, 11) is -3.07. The Balaban J connectivity index is 1.09. The van der Waals surface area contributed by atoms with Crippen LogP contribution in [0.5, 0.6) is 0 Å². The molecule has 4 N–H and O–H groups in total. The van der Waals surface area contributed by atoms with Crippen LogP contribution in [0.1, 0.15) is 63.6 Å². The lowest BCUT2D eigenvalue weighted by Gasteiger charge is -2.33. The maximum absolute atomic E-state index is 14.5. The van der Waals surface area contributed by atoms with Crippen molar-refractivity contribution < 1.29 is 51.7 Å². The van der Waals surface area contributed by atoms with Crippen molar-refractivity contribution in [2.75, 3.05) is 19.0 Å². The first-order valence-electron chi connectivity index (χ1n) is 22.0. The number of carbonyl (C=O) groups excluding carboxylic acids is 4. The Morgan fingerprint density at radius 1 is 0.985 bits per heavy atom. The maximum atomic E-state index is 14.5. The van der Waals surface area contributed by atoms with E-state index in [0.717, 1.165) is 16.8 Å². The number of allylic oxidation sites excluding steroid dienone is 3. The topological polar surface area (TPSA) is 219 Å². The molecule has 2 fully saturated rings. The zero-order valence-corrected chi connectivity index (χ0v) is 38.8. The first-order valence-corrected chi connectivity index (χ1v) is 23.5. The van der Waals surface area contributed by atoms with Gasteiger partial charge in [-0.15, -0.1) is 6.58 Å². The number of para-hydroxylation sites is 1. The van der Waals surface area contributed by atoms with Gasteiger partial charge in [-0.05, 0) is 68.9 Å². The Bertz CT molecular complexity index is 2710. The van der Waals surface area contributed by atoms with Crippen molar-refractivity contribution in [3.8, 4) is 0 Å². The van der Waals surface area contributed by atoms with Crippen LogP contribution in [0.25, 0.3) is 0 Å². The number of carboxylic acids is 1. The molecule has 2 heterocycles. The molecular weight excluding hydrogens is 879 g/mol. The summed E-state index contributed by atoms with van der Waals surface area (Å²) in [5.74, 6) is -3.06. The number of anilines is 1. The van der Waals surface area contributed by atoms with Crippen LogP contribution in [0.3, 0.4) is 0 Å². The van der Waals surface area contributed by atoms with E-state index in [2.05, 4.69) is 21.9 Å². The van der Waals surface area contributed by atoms with Gasteiger partial charge in [0.1, 0.15) is 39.7 Å². The monoisotopic (exact) mass is 933 g/mol. The average molecular weight is 934 g/mol. The molecule has 0 radical (unpaired) electrons. The Kier molecular flexibility index (Phi) is 13.9. The average Bonchev–Trinajstić information content (AvgIpc) is 3.83. The molecule has 67 heavy (non-hydrogen) atoms. The van der Waals surface area contributed by atoms with E-state index in [1.807, 2.05) is 55.5 Å². The van der Waals surface area contributed by atoms with Crippen LogP contribution in [0, 0.1) is 17.8 Å². The number of aliphatic carboxylic acids is 1. The molecule has 3 aromatic rings. The second-order valence-corrected chi connectivity index (χ2v) is 19.7. The lowest BCUT2D eigenvalue weighted by molar-refractivity contribution is -0.137. The number of fused-ring (bicyclic) bond motifs is 1. The van der Waals surface area contributed by atoms with Crippen molar-refractivity contribution in [1.82, 2.24) is 14.9 Å². The number of nitrogens with zero attached hydrogens (tertiary/aromatic N) is 2. The minimum absolute atomic E-state index is 0.00793. The predicted molar refractivity (Wildman–Crippen MR) is 249 cm³/mol. The Labute approximate surface area is 389 Å². The second-order valence-electron chi connectivity index (χ2n) is 18.1. The fourth-order valence-corrected chi connectivity index (χ4v) is 9.79. The molecule has 2 aliphatic heterocycles. The fraction of sp³-hybridized carbons (Fsp3) is 0.360. The summed E-state index contributed by atoms with van der Waals surface area (Å²) in [6.07, 6.45) is 5.76. The molecule has 6 atom stereocenters. The van der Waals surface area contributed by atoms with Gasteiger partial charge in [-0.2, -0.15) is 0 Å². The zero-order valence-electron chi connectivity index (χ0n) is 38.0. The van der Waals surface area contributed by atoms with Crippen molar-refractivity contribution in [2.45, 2.75) is 88.0 Å². The number of aliphatic imine (C=N–C) groups is 1. The number of aryl methyl sites for hydroxylation is 1. The number of dihydropyridines is 1. The van der Waals surface area contributed by atoms with Crippen LogP contribution in [0.15, 0.2) is 137 Å². The molecule has 4 aliphatic rings. The fourth-order valence-electron chi connectivity index (χ4n) is 8.58. The summed E-state index contributed by atoms with van der Waals surface area (Å²) in [4.78, 5) is 72.6. The number of amides is 4. The normalized spacial score (nSPS) is 23.2.